The molecule has 0 heterocycles. The van der Waals surface area contributed by atoms with E-state index in [1.165, 1.54) is 19.2 Å². The van der Waals surface area contributed by atoms with Crippen LogP contribution in [0.4, 0.5) is 0 Å². The normalized spacial score (nSPS) is 25.5. The van der Waals surface area contributed by atoms with Gasteiger partial charge in [-0.25, -0.2) is 8.42 Å². The standard InChI is InChI=1S/C19H20O5S/c1-13-8-10-15(11-9-13)25(22,23)17-16(14-6-4-3-5-7-14)19(17,12-24-2)18(20)21/h3-11,16-17H,12H2,1-2H3,(H,20,21)/t16-,17-,19-/m0/s1. The average Bonchev–Trinajstić information content (AvgIpc) is 3.27. The van der Waals surface area contributed by atoms with Crippen LogP contribution >= 0.6 is 0 Å². The number of methoxy groups -OCH3 is 1. The largest absolute Gasteiger partial charge is 0.481 e. The fourth-order valence-electron chi connectivity index (χ4n) is 3.60. The van der Waals surface area contributed by atoms with Gasteiger partial charge in [0.15, 0.2) is 9.84 Å². The SMILES string of the molecule is COC[C@]1(C(=O)O)[C@@H](c2ccccc2)[C@@H]1S(=O)(=O)c1ccc(C)cc1. The third kappa shape index (κ3) is 2.75. The molecule has 2 aromatic rings. The molecule has 2 aromatic carbocycles. The van der Waals surface area contributed by atoms with Crippen molar-refractivity contribution in [2.45, 2.75) is 23.0 Å². The van der Waals surface area contributed by atoms with Gasteiger partial charge in [0.25, 0.3) is 0 Å². The lowest BCUT2D eigenvalue weighted by molar-refractivity contribution is -0.145. The highest BCUT2D eigenvalue weighted by Gasteiger charge is 2.76. The van der Waals surface area contributed by atoms with E-state index in [2.05, 4.69) is 0 Å². The van der Waals surface area contributed by atoms with Crippen LogP contribution in [0.2, 0.25) is 0 Å². The molecule has 1 fully saturated rings. The van der Waals surface area contributed by atoms with Crippen molar-refractivity contribution < 1.29 is 23.1 Å². The first-order chi connectivity index (χ1) is 11.9. The van der Waals surface area contributed by atoms with Crippen molar-refractivity contribution >= 4 is 15.8 Å². The highest BCUT2D eigenvalue weighted by atomic mass is 32.2. The van der Waals surface area contributed by atoms with Gasteiger partial charge >= 0.3 is 5.97 Å². The molecule has 0 saturated heterocycles. The fraction of sp³-hybridized carbons (Fsp3) is 0.316. The molecule has 25 heavy (non-hydrogen) atoms. The first kappa shape index (κ1) is 17.6. The Morgan fingerprint density at radius 2 is 1.72 bits per heavy atom. The molecule has 1 aliphatic carbocycles. The van der Waals surface area contributed by atoms with E-state index in [4.69, 9.17) is 4.74 Å². The van der Waals surface area contributed by atoms with E-state index in [-0.39, 0.29) is 11.5 Å². The van der Waals surface area contributed by atoms with Gasteiger partial charge in [0, 0.05) is 13.0 Å². The molecule has 0 unspecified atom stereocenters. The number of aryl methyl sites for hydroxylation is 1. The van der Waals surface area contributed by atoms with Crippen LogP contribution in [0, 0.1) is 12.3 Å². The first-order valence-corrected chi connectivity index (χ1v) is 9.48. The van der Waals surface area contributed by atoms with E-state index in [0.717, 1.165) is 5.56 Å². The van der Waals surface area contributed by atoms with Crippen molar-refractivity contribution in [3.63, 3.8) is 0 Å². The Labute approximate surface area is 147 Å². The monoisotopic (exact) mass is 360 g/mol. The number of hydrogen-bond donors (Lipinski definition) is 1. The quantitative estimate of drug-likeness (QED) is 0.856. The van der Waals surface area contributed by atoms with Crippen LogP contribution in [0.1, 0.15) is 17.0 Å². The van der Waals surface area contributed by atoms with Gasteiger partial charge in [-0.1, -0.05) is 48.0 Å². The maximum Gasteiger partial charge on any atom is 0.314 e. The smallest absolute Gasteiger partial charge is 0.314 e. The Balaban J connectivity index is 2.11. The molecule has 0 aromatic heterocycles. The Morgan fingerprint density at radius 3 is 2.24 bits per heavy atom. The molecule has 1 N–H and O–H groups in total. The summed E-state index contributed by atoms with van der Waals surface area (Å²) >= 11 is 0. The summed E-state index contributed by atoms with van der Waals surface area (Å²) in [5.41, 5.74) is 0.165. The summed E-state index contributed by atoms with van der Waals surface area (Å²) in [6, 6.07) is 15.4. The lowest BCUT2D eigenvalue weighted by Crippen LogP contribution is -2.28. The summed E-state index contributed by atoms with van der Waals surface area (Å²) in [7, 11) is -2.43. The van der Waals surface area contributed by atoms with Crippen molar-refractivity contribution in [3.8, 4) is 0 Å². The second-order valence-corrected chi connectivity index (χ2v) is 8.51. The van der Waals surface area contributed by atoms with Crippen LogP contribution in [-0.4, -0.2) is 38.5 Å². The minimum atomic E-state index is -3.82. The van der Waals surface area contributed by atoms with Crippen molar-refractivity contribution in [1.82, 2.24) is 0 Å². The molecule has 0 spiro atoms. The molecule has 0 radical (unpaired) electrons. The number of carboxylic acids is 1. The second kappa shape index (κ2) is 6.28. The van der Waals surface area contributed by atoms with Gasteiger partial charge in [-0.2, -0.15) is 0 Å². The van der Waals surface area contributed by atoms with E-state index in [1.807, 2.05) is 13.0 Å². The van der Waals surface area contributed by atoms with Crippen LogP contribution in [0.5, 0.6) is 0 Å². The van der Waals surface area contributed by atoms with Gasteiger partial charge in [0.1, 0.15) is 5.41 Å². The number of sulfone groups is 1. The number of rotatable bonds is 6. The molecule has 0 amide bonds. The third-order valence-corrected chi connectivity index (χ3v) is 7.17. The minimum Gasteiger partial charge on any atom is -0.481 e. The Kier molecular flexibility index (Phi) is 4.43. The number of benzene rings is 2. The molecule has 6 heteroatoms. The van der Waals surface area contributed by atoms with Gasteiger partial charge in [-0.05, 0) is 24.6 Å². The predicted molar refractivity (Wildman–Crippen MR) is 93.3 cm³/mol. The first-order valence-electron chi connectivity index (χ1n) is 7.93. The van der Waals surface area contributed by atoms with E-state index in [1.54, 1.807) is 36.4 Å². The van der Waals surface area contributed by atoms with Crippen molar-refractivity contribution in [1.29, 1.82) is 0 Å². The molecule has 1 aliphatic rings. The van der Waals surface area contributed by atoms with Crippen molar-refractivity contribution in [2.24, 2.45) is 5.41 Å². The van der Waals surface area contributed by atoms with Gasteiger partial charge in [0.2, 0.25) is 0 Å². The summed E-state index contributed by atoms with van der Waals surface area (Å²) in [4.78, 5) is 12.2. The van der Waals surface area contributed by atoms with Crippen LogP contribution in [0.15, 0.2) is 59.5 Å². The van der Waals surface area contributed by atoms with Crippen LogP contribution in [-0.2, 0) is 19.4 Å². The number of hydrogen-bond acceptors (Lipinski definition) is 4. The molecule has 5 nitrogen and oxygen atoms in total. The second-order valence-electron chi connectivity index (χ2n) is 6.45. The molecule has 1 saturated carbocycles. The Hall–Kier alpha value is -2.18. The zero-order valence-electron chi connectivity index (χ0n) is 14.0. The van der Waals surface area contributed by atoms with Crippen molar-refractivity contribution in [3.05, 3.63) is 65.7 Å². The summed E-state index contributed by atoms with van der Waals surface area (Å²) in [6.45, 7) is 1.71. The lowest BCUT2D eigenvalue weighted by atomic mass is 10.0. The topological polar surface area (TPSA) is 80.7 Å². The van der Waals surface area contributed by atoms with Gasteiger partial charge in [-0.3, -0.25) is 4.79 Å². The summed E-state index contributed by atoms with van der Waals surface area (Å²) in [5.74, 6) is -1.79. The van der Waals surface area contributed by atoms with Crippen LogP contribution in [0.25, 0.3) is 0 Å². The number of carboxylic acid groups (broad SMARTS) is 1. The highest BCUT2D eigenvalue weighted by molar-refractivity contribution is 7.92. The van der Waals surface area contributed by atoms with Crippen LogP contribution < -0.4 is 0 Å². The summed E-state index contributed by atoms with van der Waals surface area (Å²) in [5, 5.41) is 8.79. The molecular formula is C19H20O5S. The van der Waals surface area contributed by atoms with E-state index < -0.39 is 32.4 Å². The Bertz CT molecular complexity index is 874. The molecule has 3 atom stereocenters. The summed E-state index contributed by atoms with van der Waals surface area (Å²) < 4.78 is 31.4. The minimum absolute atomic E-state index is 0.142. The van der Waals surface area contributed by atoms with Crippen molar-refractivity contribution in [2.75, 3.05) is 13.7 Å². The summed E-state index contributed by atoms with van der Waals surface area (Å²) in [6.07, 6.45) is 0. The zero-order chi connectivity index (χ0) is 18.2. The highest BCUT2D eigenvalue weighted by Crippen LogP contribution is 2.64. The molecule has 0 aliphatic heterocycles. The third-order valence-electron chi connectivity index (χ3n) is 4.88. The van der Waals surface area contributed by atoms with Gasteiger partial charge < -0.3 is 9.84 Å². The predicted octanol–water partition coefficient (Wildman–Crippen LogP) is 2.65. The molecule has 132 valence electrons. The lowest BCUT2D eigenvalue weighted by Gasteiger charge is -2.12. The van der Waals surface area contributed by atoms with Gasteiger partial charge in [0.05, 0.1) is 16.8 Å². The van der Waals surface area contributed by atoms with E-state index in [9.17, 15) is 18.3 Å². The molecular weight excluding hydrogens is 340 g/mol. The fourth-order valence-corrected chi connectivity index (χ4v) is 5.95. The van der Waals surface area contributed by atoms with E-state index >= 15 is 0 Å². The molecule has 3 rings (SSSR count). The average molecular weight is 360 g/mol. The van der Waals surface area contributed by atoms with Crippen LogP contribution in [0.3, 0.4) is 0 Å². The zero-order valence-corrected chi connectivity index (χ0v) is 14.9. The Morgan fingerprint density at radius 1 is 1.12 bits per heavy atom. The maximum absolute atomic E-state index is 13.2. The number of aliphatic carboxylic acids is 1. The maximum atomic E-state index is 13.2. The number of ether oxygens (including phenoxy) is 1. The van der Waals surface area contributed by atoms with E-state index in [0.29, 0.717) is 5.56 Å². The van der Waals surface area contributed by atoms with Gasteiger partial charge in [-0.15, -0.1) is 0 Å². The molecule has 0 bridgehead atoms. The number of carbonyl (C=O) groups is 1.